The number of hydrogen-bond acceptors (Lipinski definition) is 4. The first-order valence-electron chi connectivity index (χ1n) is 7.33. The fourth-order valence-corrected chi connectivity index (χ4v) is 2.48. The molecule has 0 fully saturated rings. The average molecular weight is 411 g/mol. The van der Waals surface area contributed by atoms with Gasteiger partial charge < -0.3 is 10.4 Å². The number of nitrogens with zero attached hydrogens (tertiary/aromatic N) is 1. The van der Waals surface area contributed by atoms with E-state index in [0.29, 0.717) is 17.0 Å². The summed E-state index contributed by atoms with van der Waals surface area (Å²) >= 11 is 9.16. The summed E-state index contributed by atoms with van der Waals surface area (Å²) in [5.41, 5.74) is 3.78. The van der Waals surface area contributed by atoms with Gasteiger partial charge in [0.1, 0.15) is 11.8 Å². The molecule has 2 aromatic carbocycles. The number of aromatic hydroxyl groups is 1. The van der Waals surface area contributed by atoms with Crippen LogP contribution in [0.1, 0.15) is 18.9 Å². The van der Waals surface area contributed by atoms with E-state index in [-0.39, 0.29) is 11.7 Å². The summed E-state index contributed by atoms with van der Waals surface area (Å²) in [6.07, 6.45) is 1.99. The quantitative estimate of drug-likeness (QED) is 0.495. The van der Waals surface area contributed by atoms with Crippen LogP contribution in [0.3, 0.4) is 0 Å². The Balaban J connectivity index is 1.97. The van der Waals surface area contributed by atoms with Crippen LogP contribution in [0.15, 0.2) is 52.0 Å². The monoisotopic (exact) mass is 409 g/mol. The molecule has 0 radical (unpaired) electrons. The Morgan fingerprint density at radius 1 is 1.33 bits per heavy atom. The first kappa shape index (κ1) is 18.3. The third-order valence-electron chi connectivity index (χ3n) is 3.28. The Labute approximate surface area is 153 Å². The van der Waals surface area contributed by atoms with Gasteiger partial charge in [-0.3, -0.25) is 4.79 Å². The predicted octanol–water partition coefficient (Wildman–Crippen LogP) is 4.15. The van der Waals surface area contributed by atoms with Crippen molar-refractivity contribution in [2.24, 2.45) is 5.10 Å². The minimum atomic E-state index is -0.431. The highest BCUT2D eigenvalue weighted by Crippen LogP contribution is 2.20. The smallest absolute Gasteiger partial charge is 0.262 e. The van der Waals surface area contributed by atoms with Gasteiger partial charge in [0, 0.05) is 20.7 Å². The fourth-order valence-electron chi connectivity index (χ4n) is 1.97. The van der Waals surface area contributed by atoms with Crippen molar-refractivity contribution in [3.05, 3.63) is 57.5 Å². The number of nitrogens with one attached hydrogen (secondary N) is 2. The minimum absolute atomic E-state index is 0.0857. The lowest BCUT2D eigenvalue weighted by Gasteiger charge is -2.16. The van der Waals surface area contributed by atoms with Crippen LogP contribution < -0.4 is 10.7 Å². The second kappa shape index (κ2) is 8.70. The van der Waals surface area contributed by atoms with Crippen molar-refractivity contribution >= 4 is 45.3 Å². The van der Waals surface area contributed by atoms with Gasteiger partial charge in [0.05, 0.1) is 6.21 Å². The number of amides is 1. The van der Waals surface area contributed by atoms with Crippen molar-refractivity contribution in [1.29, 1.82) is 0 Å². The Morgan fingerprint density at radius 2 is 2.04 bits per heavy atom. The molecule has 7 heteroatoms. The summed E-state index contributed by atoms with van der Waals surface area (Å²) < 4.78 is 0.809. The first-order valence-corrected chi connectivity index (χ1v) is 8.50. The van der Waals surface area contributed by atoms with Crippen molar-refractivity contribution < 1.29 is 9.90 Å². The van der Waals surface area contributed by atoms with E-state index in [2.05, 4.69) is 31.8 Å². The van der Waals surface area contributed by atoms with Gasteiger partial charge in [-0.1, -0.05) is 34.5 Å². The lowest BCUT2D eigenvalue weighted by Crippen LogP contribution is -2.36. The van der Waals surface area contributed by atoms with Crippen LogP contribution >= 0.6 is 27.5 Å². The van der Waals surface area contributed by atoms with Crippen LogP contribution in [0.4, 0.5) is 5.69 Å². The van der Waals surface area contributed by atoms with E-state index in [9.17, 15) is 9.90 Å². The highest BCUT2D eigenvalue weighted by Gasteiger charge is 2.15. The number of benzene rings is 2. The van der Waals surface area contributed by atoms with E-state index in [1.165, 1.54) is 6.21 Å². The van der Waals surface area contributed by atoms with Gasteiger partial charge in [-0.05, 0) is 48.9 Å². The normalized spacial score (nSPS) is 12.1. The number of phenolic OH excluding ortho intramolecular Hbond substituents is 1. The number of halogens is 2. The number of anilines is 1. The summed E-state index contributed by atoms with van der Waals surface area (Å²) in [7, 11) is 0. The number of hydrogen-bond donors (Lipinski definition) is 3. The third-order valence-corrected chi connectivity index (χ3v) is 4.02. The summed E-state index contributed by atoms with van der Waals surface area (Å²) in [6, 6.07) is 11.7. The van der Waals surface area contributed by atoms with Crippen molar-refractivity contribution in [3.63, 3.8) is 0 Å². The molecule has 0 bridgehead atoms. The lowest BCUT2D eigenvalue weighted by atomic mass is 10.2. The minimum Gasteiger partial charge on any atom is -0.507 e. The maximum absolute atomic E-state index is 12.2. The van der Waals surface area contributed by atoms with Gasteiger partial charge in [-0.2, -0.15) is 5.10 Å². The van der Waals surface area contributed by atoms with Crippen LogP contribution in [0, 0.1) is 0 Å². The molecule has 0 saturated heterocycles. The van der Waals surface area contributed by atoms with Crippen LogP contribution in [-0.4, -0.2) is 23.3 Å². The second-order valence-electron chi connectivity index (χ2n) is 5.05. The van der Waals surface area contributed by atoms with Crippen LogP contribution in [0.2, 0.25) is 5.02 Å². The Morgan fingerprint density at radius 3 is 2.71 bits per heavy atom. The van der Waals surface area contributed by atoms with E-state index in [1.807, 2.05) is 6.92 Å². The highest BCUT2D eigenvalue weighted by atomic mass is 79.9. The molecule has 5 nitrogen and oxygen atoms in total. The number of carbonyl (C=O) groups is 1. The molecule has 0 aliphatic carbocycles. The van der Waals surface area contributed by atoms with Gasteiger partial charge in [-0.25, -0.2) is 5.43 Å². The fraction of sp³-hybridized carbons (Fsp3) is 0.176. The van der Waals surface area contributed by atoms with Crippen molar-refractivity contribution in [3.8, 4) is 5.75 Å². The van der Waals surface area contributed by atoms with Crippen molar-refractivity contribution in [2.45, 2.75) is 19.4 Å². The Kier molecular flexibility index (Phi) is 6.63. The topological polar surface area (TPSA) is 73.7 Å². The van der Waals surface area contributed by atoms with E-state index < -0.39 is 6.04 Å². The first-order chi connectivity index (χ1) is 11.5. The number of hydrazone groups is 1. The molecular formula is C17H17BrClN3O2. The molecule has 0 aliphatic heterocycles. The van der Waals surface area contributed by atoms with Gasteiger partial charge in [-0.15, -0.1) is 0 Å². The SMILES string of the molecule is CCC(Nc1ccc(Cl)cc1)C(=O)N/N=C/c1cc(Br)ccc1O. The molecule has 2 aromatic rings. The molecule has 0 aromatic heterocycles. The molecule has 0 spiro atoms. The number of phenols is 1. The zero-order chi connectivity index (χ0) is 17.5. The molecule has 24 heavy (non-hydrogen) atoms. The van der Waals surface area contributed by atoms with Crippen LogP contribution in [-0.2, 0) is 4.79 Å². The molecule has 3 N–H and O–H groups in total. The van der Waals surface area contributed by atoms with Gasteiger partial charge in [0.25, 0.3) is 5.91 Å². The predicted molar refractivity (Wildman–Crippen MR) is 101 cm³/mol. The molecule has 1 unspecified atom stereocenters. The van der Waals surface area contributed by atoms with Gasteiger partial charge >= 0.3 is 0 Å². The van der Waals surface area contributed by atoms with E-state index >= 15 is 0 Å². The van der Waals surface area contributed by atoms with Crippen molar-refractivity contribution in [2.75, 3.05) is 5.32 Å². The molecular weight excluding hydrogens is 394 g/mol. The van der Waals surface area contributed by atoms with Gasteiger partial charge in [0.15, 0.2) is 0 Å². The molecule has 1 amide bonds. The Hall–Kier alpha value is -2.05. The average Bonchev–Trinajstić information content (AvgIpc) is 2.57. The van der Waals surface area contributed by atoms with Gasteiger partial charge in [0.2, 0.25) is 0 Å². The Bertz CT molecular complexity index is 735. The maximum Gasteiger partial charge on any atom is 0.262 e. The zero-order valence-corrected chi connectivity index (χ0v) is 15.3. The lowest BCUT2D eigenvalue weighted by molar-refractivity contribution is -0.121. The second-order valence-corrected chi connectivity index (χ2v) is 6.40. The summed E-state index contributed by atoms with van der Waals surface area (Å²) in [5, 5.41) is 17.4. The van der Waals surface area contributed by atoms with E-state index in [1.54, 1.807) is 42.5 Å². The van der Waals surface area contributed by atoms with E-state index in [4.69, 9.17) is 11.6 Å². The maximum atomic E-state index is 12.2. The highest BCUT2D eigenvalue weighted by molar-refractivity contribution is 9.10. The van der Waals surface area contributed by atoms with Crippen molar-refractivity contribution in [1.82, 2.24) is 5.43 Å². The molecule has 0 saturated carbocycles. The molecule has 2 rings (SSSR count). The standard InChI is InChI=1S/C17H17BrClN3O2/c1-2-15(21-14-6-4-13(19)5-7-14)17(24)22-20-10-11-9-12(18)3-8-16(11)23/h3-10,15,21,23H,2H2,1H3,(H,22,24)/b20-10+. The third kappa shape index (κ3) is 5.25. The molecule has 126 valence electrons. The molecule has 0 aliphatic rings. The zero-order valence-electron chi connectivity index (χ0n) is 13.0. The molecule has 0 heterocycles. The van der Waals surface area contributed by atoms with Crippen LogP contribution in [0.5, 0.6) is 5.75 Å². The van der Waals surface area contributed by atoms with E-state index in [0.717, 1.165) is 10.2 Å². The summed E-state index contributed by atoms with van der Waals surface area (Å²) in [5.74, 6) is -0.180. The largest absolute Gasteiger partial charge is 0.507 e. The van der Waals surface area contributed by atoms with Crippen LogP contribution in [0.25, 0.3) is 0 Å². The summed E-state index contributed by atoms with van der Waals surface area (Å²) in [4.78, 5) is 12.2. The summed E-state index contributed by atoms with van der Waals surface area (Å²) in [6.45, 7) is 1.90. The number of carbonyl (C=O) groups excluding carboxylic acids is 1. The molecule has 1 atom stereocenters. The number of rotatable bonds is 6.